The summed E-state index contributed by atoms with van der Waals surface area (Å²) in [5, 5.41) is 6.61. The van der Waals surface area contributed by atoms with Crippen LogP contribution in [0.2, 0.25) is 0 Å². The zero-order valence-electron chi connectivity index (χ0n) is 21.9. The number of anilines is 3. The van der Waals surface area contributed by atoms with Gasteiger partial charge in [0.2, 0.25) is 11.9 Å². The second-order valence-electron chi connectivity index (χ2n) is 10.3. The second kappa shape index (κ2) is 10.3. The van der Waals surface area contributed by atoms with E-state index in [1.54, 1.807) is 19.4 Å². The summed E-state index contributed by atoms with van der Waals surface area (Å²) >= 11 is 0. The Bertz CT molecular complexity index is 1210. The predicted octanol–water partition coefficient (Wildman–Crippen LogP) is 1.38. The van der Waals surface area contributed by atoms with Crippen LogP contribution in [0.1, 0.15) is 20.3 Å². The molecule has 6 heterocycles. The van der Waals surface area contributed by atoms with Gasteiger partial charge in [-0.05, 0) is 20.3 Å². The van der Waals surface area contributed by atoms with E-state index in [0.717, 1.165) is 80.9 Å². The summed E-state index contributed by atoms with van der Waals surface area (Å²) in [4.78, 5) is 28.9. The summed E-state index contributed by atoms with van der Waals surface area (Å²) in [7, 11) is 1.80. The first-order chi connectivity index (χ1) is 18.1. The maximum atomic E-state index is 5.74. The van der Waals surface area contributed by atoms with Crippen LogP contribution in [0.15, 0.2) is 12.4 Å². The van der Waals surface area contributed by atoms with E-state index in [4.69, 9.17) is 24.4 Å². The summed E-state index contributed by atoms with van der Waals surface area (Å²) < 4.78 is 13.7. The minimum Gasteiger partial charge on any atom is -0.381 e. The number of aromatic nitrogens is 6. The maximum absolute atomic E-state index is 5.74. The lowest BCUT2D eigenvalue weighted by Gasteiger charge is -2.37. The van der Waals surface area contributed by atoms with Crippen molar-refractivity contribution in [2.24, 2.45) is 5.92 Å². The predicted molar refractivity (Wildman–Crippen MR) is 142 cm³/mol. The number of piperazine rings is 1. The molecule has 0 spiro atoms. The maximum Gasteiger partial charge on any atom is 0.222 e. The van der Waals surface area contributed by atoms with Gasteiger partial charge in [-0.1, -0.05) is 0 Å². The Kier molecular flexibility index (Phi) is 6.78. The lowest BCUT2D eigenvalue weighted by molar-refractivity contribution is 0.122. The highest BCUT2D eigenvalue weighted by Gasteiger charge is 2.30. The van der Waals surface area contributed by atoms with Crippen LogP contribution in [0.4, 0.5) is 17.7 Å². The minimum absolute atomic E-state index is 0.370. The van der Waals surface area contributed by atoms with E-state index in [2.05, 4.69) is 48.8 Å². The molecule has 0 aliphatic carbocycles. The first-order valence-electron chi connectivity index (χ1n) is 13.3. The largest absolute Gasteiger partial charge is 0.381 e. The topological polar surface area (TPSA) is 118 Å². The Morgan fingerprint density at radius 2 is 1.73 bits per heavy atom. The molecule has 2 N–H and O–H groups in total. The van der Waals surface area contributed by atoms with Crippen LogP contribution >= 0.6 is 0 Å². The highest BCUT2D eigenvalue weighted by molar-refractivity contribution is 5.88. The number of imidazole rings is 1. The highest BCUT2D eigenvalue weighted by Crippen LogP contribution is 2.33. The van der Waals surface area contributed by atoms with E-state index >= 15 is 0 Å². The van der Waals surface area contributed by atoms with Crippen LogP contribution in [0.3, 0.4) is 0 Å². The Morgan fingerprint density at radius 1 is 0.973 bits per heavy atom. The fraction of sp³-hybridized carbons (Fsp3) is 0.640. The normalized spacial score (nSPS) is 24.7. The van der Waals surface area contributed by atoms with Gasteiger partial charge < -0.3 is 29.9 Å². The van der Waals surface area contributed by atoms with Gasteiger partial charge in [0.1, 0.15) is 0 Å². The smallest absolute Gasteiger partial charge is 0.222 e. The summed E-state index contributed by atoms with van der Waals surface area (Å²) in [6, 6.07) is 0.741. The third kappa shape index (κ3) is 4.92. The number of fused-ring (bicyclic) bond motifs is 1. The molecule has 3 fully saturated rings. The molecular formula is C25H36N10O2. The number of hydrogen-bond donors (Lipinski definition) is 2. The van der Waals surface area contributed by atoms with Crippen molar-refractivity contribution in [2.45, 2.75) is 38.9 Å². The average molecular weight is 509 g/mol. The molecule has 3 saturated heterocycles. The van der Waals surface area contributed by atoms with Crippen LogP contribution in [0.25, 0.3) is 22.6 Å². The fourth-order valence-corrected chi connectivity index (χ4v) is 5.56. The molecular weight excluding hydrogens is 472 g/mol. The van der Waals surface area contributed by atoms with Gasteiger partial charge in [0.15, 0.2) is 22.8 Å². The van der Waals surface area contributed by atoms with Gasteiger partial charge in [0.05, 0.1) is 25.4 Å². The molecule has 6 rings (SSSR count). The molecule has 37 heavy (non-hydrogen) atoms. The van der Waals surface area contributed by atoms with Crippen molar-refractivity contribution in [1.29, 1.82) is 0 Å². The number of hydrogen-bond acceptors (Lipinski definition) is 11. The Hall–Kier alpha value is -3.09. The van der Waals surface area contributed by atoms with Crippen molar-refractivity contribution < 1.29 is 9.47 Å². The SMILES string of the molecule is CNc1ncc(-c2nc(N3CCOCC3)c3nc(N4C[C@@H](C)N[C@@H](C)C4)n(CC4CCOC4)c3n2)cn1. The van der Waals surface area contributed by atoms with Crippen LogP contribution in [-0.2, 0) is 16.0 Å². The molecule has 1 unspecified atom stereocenters. The highest BCUT2D eigenvalue weighted by atomic mass is 16.5. The van der Waals surface area contributed by atoms with Crippen LogP contribution in [0, 0.1) is 5.92 Å². The van der Waals surface area contributed by atoms with Crippen LogP contribution in [-0.4, -0.2) is 101 Å². The summed E-state index contributed by atoms with van der Waals surface area (Å²) in [5.74, 6) is 3.41. The molecule has 12 nitrogen and oxygen atoms in total. The molecule has 3 aliphatic heterocycles. The molecule has 0 aromatic carbocycles. The molecule has 3 aliphatic rings. The average Bonchev–Trinajstić information content (AvgIpc) is 3.57. The minimum atomic E-state index is 0.370. The van der Waals surface area contributed by atoms with Crippen LogP contribution < -0.4 is 20.4 Å². The van der Waals surface area contributed by atoms with Gasteiger partial charge in [-0.3, -0.25) is 4.57 Å². The zero-order valence-corrected chi connectivity index (χ0v) is 21.9. The van der Waals surface area contributed by atoms with Gasteiger partial charge in [0, 0.05) is 76.8 Å². The van der Waals surface area contributed by atoms with E-state index in [9.17, 15) is 0 Å². The zero-order chi connectivity index (χ0) is 25.4. The quantitative estimate of drug-likeness (QED) is 0.503. The van der Waals surface area contributed by atoms with Crippen molar-refractivity contribution in [3.8, 4) is 11.4 Å². The molecule has 3 aromatic rings. The van der Waals surface area contributed by atoms with E-state index in [0.29, 0.717) is 43.0 Å². The van der Waals surface area contributed by atoms with Crippen LogP contribution in [0.5, 0.6) is 0 Å². The van der Waals surface area contributed by atoms with Crippen molar-refractivity contribution in [1.82, 2.24) is 34.8 Å². The first-order valence-corrected chi connectivity index (χ1v) is 13.3. The lowest BCUT2D eigenvalue weighted by atomic mass is 10.1. The van der Waals surface area contributed by atoms with Gasteiger partial charge in [-0.25, -0.2) is 24.9 Å². The van der Waals surface area contributed by atoms with Crippen molar-refractivity contribution in [3.63, 3.8) is 0 Å². The molecule has 3 atom stereocenters. The monoisotopic (exact) mass is 508 g/mol. The van der Waals surface area contributed by atoms with Crippen molar-refractivity contribution in [2.75, 3.05) is 74.8 Å². The fourth-order valence-electron chi connectivity index (χ4n) is 5.56. The number of rotatable bonds is 6. The summed E-state index contributed by atoms with van der Waals surface area (Å²) in [5.41, 5.74) is 2.47. The van der Waals surface area contributed by atoms with E-state index in [1.165, 1.54) is 0 Å². The molecule has 198 valence electrons. The Labute approximate surface area is 216 Å². The third-order valence-corrected chi connectivity index (χ3v) is 7.31. The first kappa shape index (κ1) is 24.3. The van der Waals surface area contributed by atoms with E-state index < -0.39 is 0 Å². The third-order valence-electron chi connectivity index (χ3n) is 7.31. The van der Waals surface area contributed by atoms with Gasteiger partial charge in [-0.2, -0.15) is 0 Å². The van der Waals surface area contributed by atoms with Gasteiger partial charge >= 0.3 is 0 Å². The molecule has 0 bridgehead atoms. The second-order valence-corrected chi connectivity index (χ2v) is 10.3. The summed E-state index contributed by atoms with van der Waals surface area (Å²) in [6.45, 7) is 11.5. The van der Waals surface area contributed by atoms with Gasteiger partial charge in [-0.15, -0.1) is 0 Å². The van der Waals surface area contributed by atoms with E-state index in [-0.39, 0.29) is 0 Å². The summed E-state index contributed by atoms with van der Waals surface area (Å²) in [6.07, 6.45) is 4.59. The lowest BCUT2D eigenvalue weighted by Crippen LogP contribution is -2.55. The number of nitrogens with one attached hydrogen (secondary N) is 2. The van der Waals surface area contributed by atoms with Gasteiger partial charge in [0.25, 0.3) is 0 Å². The molecule has 0 radical (unpaired) electrons. The Morgan fingerprint density at radius 3 is 2.41 bits per heavy atom. The number of nitrogens with zero attached hydrogens (tertiary/aromatic N) is 8. The van der Waals surface area contributed by atoms with E-state index in [1.807, 2.05) is 0 Å². The molecule has 3 aromatic heterocycles. The molecule has 0 saturated carbocycles. The van der Waals surface area contributed by atoms with Crippen molar-refractivity contribution >= 4 is 28.9 Å². The van der Waals surface area contributed by atoms with Crippen molar-refractivity contribution in [3.05, 3.63) is 12.4 Å². The molecule has 12 heteroatoms. The molecule has 0 amide bonds. The standard InChI is InChI=1S/C25H36N10O2/c1-16-12-34(13-17(2)29-16)25-30-20-22(33-5-8-36-9-6-33)31-21(19-10-27-24(26-3)28-11-19)32-23(20)35(25)14-18-4-7-37-15-18/h10-11,16-18,29H,4-9,12-15H2,1-3H3,(H,26,27,28)/t16-,17+,18?. The Balaban J connectivity index is 1.52. The number of morpholine rings is 1. The number of ether oxygens (including phenoxy) is 2.